The molecule has 22 heavy (non-hydrogen) atoms. The van der Waals surface area contributed by atoms with E-state index < -0.39 is 11.7 Å². The highest BCUT2D eigenvalue weighted by molar-refractivity contribution is 6.35. The van der Waals surface area contributed by atoms with Gasteiger partial charge >= 0.3 is 6.18 Å². The summed E-state index contributed by atoms with van der Waals surface area (Å²) in [5, 5.41) is 2.78. The van der Waals surface area contributed by atoms with E-state index in [1.807, 2.05) is 0 Å². The van der Waals surface area contributed by atoms with Crippen molar-refractivity contribution in [1.82, 2.24) is 9.97 Å². The molecule has 0 fully saturated rings. The highest BCUT2D eigenvalue weighted by Crippen LogP contribution is 2.35. The Kier molecular flexibility index (Phi) is 4.60. The maximum absolute atomic E-state index is 13.1. The molecule has 0 aliphatic rings. The van der Waals surface area contributed by atoms with Crippen molar-refractivity contribution in [1.29, 1.82) is 0 Å². The Morgan fingerprint density at radius 3 is 2.68 bits per heavy atom. The predicted octanol–water partition coefficient (Wildman–Crippen LogP) is 3.35. The van der Waals surface area contributed by atoms with Crippen molar-refractivity contribution in [3.8, 4) is 5.75 Å². The summed E-state index contributed by atoms with van der Waals surface area (Å²) in [6.07, 6.45) is -3.33. The Morgan fingerprint density at radius 1 is 1.32 bits per heavy atom. The molecule has 5 nitrogen and oxygen atoms in total. The maximum Gasteiger partial charge on any atom is 0.416 e. The maximum atomic E-state index is 13.1. The van der Waals surface area contributed by atoms with Crippen LogP contribution in [-0.4, -0.2) is 17.1 Å². The van der Waals surface area contributed by atoms with Gasteiger partial charge in [-0.3, -0.25) is 0 Å². The van der Waals surface area contributed by atoms with E-state index in [-0.39, 0.29) is 34.5 Å². The van der Waals surface area contributed by atoms with Crippen LogP contribution in [0.5, 0.6) is 5.75 Å². The van der Waals surface area contributed by atoms with Gasteiger partial charge in [0.2, 0.25) is 0 Å². The topological polar surface area (TPSA) is 73.1 Å². The molecule has 0 radical (unpaired) electrons. The Balaban J connectivity index is 2.28. The van der Waals surface area contributed by atoms with Gasteiger partial charge in [-0.1, -0.05) is 17.7 Å². The molecule has 0 spiro atoms. The first-order valence-corrected chi connectivity index (χ1v) is 6.44. The number of rotatable bonds is 4. The molecule has 0 saturated heterocycles. The third kappa shape index (κ3) is 3.51. The Hall–Kier alpha value is -2.22. The Bertz CT molecular complexity index is 679. The molecule has 0 amide bonds. The van der Waals surface area contributed by atoms with E-state index in [1.54, 1.807) is 0 Å². The summed E-state index contributed by atoms with van der Waals surface area (Å²) in [4.78, 5) is 7.51. The Labute approximate surface area is 129 Å². The van der Waals surface area contributed by atoms with E-state index >= 15 is 0 Å². The van der Waals surface area contributed by atoms with Gasteiger partial charge in [0.1, 0.15) is 22.9 Å². The van der Waals surface area contributed by atoms with Crippen LogP contribution in [0.25, 0.3) is 0 Å². The summed E-state index contributed by atoms with van der Waals surface area (Å²) in [5.41, 5.74) is 4.74. The standard InChI is InChI=1S/C13H12ClF3N4O/c1-22-8-3-2-7(9(4-8)13(15,16)17)5-19-12-10(14)11(18)20-6-21-12/h2-4,6H,5H2,1H3,(H3,18,19,20,21). The van der Waals surface area contributed by atoms with Crippen molar-refractivity contribution in [3.05, 3.63) is 40.7 Å². The molecular weight excluding hydrogens is 321 g/mol. The lowest BCUT2D eigenvalue weighted by atomic mass is 10.1. The van der Waals surface area contributed by atoms with E-state index in [4.69, 9.17) is 22.1 Å². The smallest absolute Gasteiger partial charge is 0.416 e. The van der Waals surface area contributed by atoms with E-state index in [0.29, 0.717) is 0 Å². The zero-order chi connectivity index (χ0) is 16.3. The SMILES string of the molecule is COc1ccc(CNc2ncnc(N)c2Cl)c(C(F)(F)F)c1. The lowest BCUT2D eigenvalue weighted by Gasteiger charge is -2.15. The monoisotopic (exact) mass is 332 g/mol. The molecule has 0 aliphatic carbocycles. The van der Waals surface area contributed by atoms with Crippen LogP contribution < -0.4 is 15.8 Å². The van der Waals surface area contributed by atoms with Gasteiger partial charge in [0.25, 0.3) is 0 Å². The number of benzene rings is 1. The van der Waals surface area contributed by atoms with Gasteiger partial charge in [-0.2, -0.15) is 13.2 Å². The van der Waals surface area contributed by atoms with Crippen LogP contribution in [0.1, 0.15) is 11.1 Å². The molecule has 1 heterocycles. The van der Waals surface area contributed by atoms with Crippen molar-refractivity contribution in [3.63, 3.8) is 0 Å². The van der Waals surface area contributed by atoms with Crippen LogP contribution >= 0.6 is 11.6 Å². The molecule has 2 rings (SSSR count). The molecule has 1 aromatic carbocycles. The van der Waals surface area contributed by atoms with Crippen molar-refractivity contribution in [2.75, 3.05) is 18.2 Å². The van der Waals surface area contributed by atoms with Gasteiger partial charge in [0, 0.05) is 6.54 Å². The number of ether oxygens (including phenoxy) is 1. The fourth-order valence-corrected chi connectivity index (χ4v) is 1.95. The summed E-state index contributed by atoms with van der Waals surface area (Å²) in [6, 6.07) is 3.71. The summed E-state index contributed by atoms with van der Waals surface area (Å²) >= 11 is 5.88. The molecular formula is C13H12ClF3N4O. The number of hydrogen-bond donors (Lipinski definition) is 2. The largest absolute Gasteiger partial charge is 0.497 e. The minimum atomic E-state index is -4.50. The molecule has 118 valence electrons. The third-order valence-electron chi connectivity index (χ3n) is 2.89. The molecule has 0 aliphatic heterocycles. The van der Waals surface area contributed by atoms with Gasteiger partial charge < -0.3 is 15.8 Å². The number of hydrogen-bond acceptors (Lipinski definition) is 5. The molecule has 0 saturated carbocycles. The molecule has 2 aromatic rings. The zero-order valence-corrected chi connectivity index (χ0v) is 12.2. The second kappa shape index (κ2) is 6.27. The molecule has 9 heteroatoms. The van der Waals surface area contributed by atoms with Crippen molar-refractivity contribution >= 4 is 23.2 Å². The number of aromatic nitrogens is 2. The van der Waals surface area contributed by atoms with Crippen molar-refractivity contribution in [2.24, 2.45) is 0 Å². The third-order valence-corrected chi connectivity index (χ3v) is 3.26. The number of halogens is 4. The second-order valence-corrected chi connectivity index (χ2v) is 4.67. The fraction of sp³-hybridized carbons (Fsp3) is 0.231. The quantitative estimate of drug-likeness (QED) is 0.898. The van der Waals surface area contributed by atoms with Crippen molar-refractivity contribution in [2.45, 2.75) is 12.7 Å². The van der Waals surface area contributed by atoms with E-state index in [9.17, 15) is 13.2 Å². The average molecular weight is 333 g/mol. The lowest BCUT2D eigenvalue weighted by molar-refractivity contribution is -0.138. The first kappa shape index (κ1) is 16.2. The summed E-state index contributed by atoms with van der Waals surface area (Å²) < 4.78 is 44.1. The summed E-state index contributed by atoms with van der Waals surface area (Å²) in [5.74, 6) is 0.337. The van der Waals surface area contributed by atoms with Gasteiger partial charge in [-0.05, 0) is 17.7 Å². The minimum Gasteiger partial charge on any atom is -0.497 e. The van der Waals surface area contributed by atoms with Crippen LogP contribution in [0.15, 0.2) is 24.5 Å². The van der Waals surface area contributed by atoms with E-state index in [1.165, 1.54) is 25.6 Å². The van der Waals surface area contributed by atoms with Crippen LogP contribution in [0.3, 0.4) is 0 Å². The molecule has 3 N–H and O–H groups in total. The van der Waals surface area contributed by atoms with Crippen LogP contribution in [0.2, 0.25) is 5.02 Å². The number of methoxy groups -OCH3 is 1. The highest BCUT2D eigenvalue weighted by Gasteiger charge is 2.33. The van der Waals surface area contributed by atoms with E-state index in [0.717, 1.165) is 6.07 Å². The predicted molar refractivity (Wildman–Crippen MR) is 76.8 cm³/mol. The van der Waals surface area contributed by atoms with Crippen LogP contribution in [0.4, 0.5) is 24.8 Å². The fourth-order valence-electron chi connectivity index (χ4n) is 1.79. The number of nitrogen functional groups attached to an aromatic ring is 1. The molecule has 0 atom stereocenters. The number of nitrogens with two attached hydrogens (primary N) is 1. The summed E-state index contributed by atoms with van der Waals surface area (Å²) in [6.45, 7) is -0.130. The van der Waals surface area contributed by atoms with Crippen LogP contribution in [0, 0.1) is 0 Å². The minimum absolute atomic E-state index is 0.0292. The first-order valence-electron chi connectivity index (χ1n) is 6.07. The zero-order valence-electron chi connectivity index (χ0n) is 11.4. The number of nitrogens with one attached hydrogen (secondary N) is 1. The summed E-state index contributed by atoms with van der Waals surface area (Å²) in [7, 11) is 1.30. The number of nitrogens with zero attached hydrogens (tertiary/aromatic N) is 2. The Morgan fingerprint density at radius 2 is 2.05 bits per heavy atom. The van der Waals surface area contributed by atoms with Gasteiger partial charge in [0.15, 0.2) is 5.82 Å². The lowest BCUT2D eigenvalue weighted by Crippen LogP contribution is -2.13. The van der Waals surface area contributed by atoms with Gasteiger partial charge in [-0.25, -0.2) is 9.97 Å². The first-order chi connectivity index (χ1) is 10.3. The molecule has 0 bridgehead atoms. The number of anilines is 2. The van der Waals surface area contributed by atoms with Gasteiger partial charge in [0.05, 0.1) is 12.7 Å². The second-order valence-electron chi connectivity index (χ2n) is 4.30. The normalized spacial score (nSPS) is 11.3. The number of alkyl halides is 3. The average Bonchev–Trinajstić information content (AvgIpc) is 2.47. The van der Waals surface area contributed by atoms with E-state index in [2.05, 4.69) is 15.3 Å². The van der Waals surface area contributed by atoms with Crippen molar-refractivity contribution < 1.29 is 17.9 Å². The van der Waals surface area contributed by atoms with Gasteiger partial charge in [-0.15, -0.1) is 0 Å². The molecule has 0 unspecified atom stereocenters. The highest BCUT2D eigenvalue weighted by atomic mass is 35.5. The molecule has 1 aromatic heterocycles. The van der Waals surface area contributed by atoms with Crippen LogP contribution in [-0.2, 0) is 12.7 Å².